The van der Waals surface area contributed by atoms with E-state index in [0.29, 0.717) is 6.04 Å². The molecule has 1 aromatic rings. The molecule has 0 spiro atoms. The Morgan fingerprint density at radius 3 is 2.70 bits per heavy atom. The van der Waals surface area contributed by atoms with Crippen molar-refractivity contribution in [2.75, 3.05) is 18.4 Å². The minimum absolute atomic E-state index is 0.184. The fourth-order valence-electron chi connectivity index (χ4n) is 2.59. The van der Waals surface area contributed by atoms with E-state index in [1.165, 1.54) is 25.7 Å². The van der Waals surface area contributed by atoms with Crippen LogP contribution in [0, 0.1) is 12.8 Å². The second-order valence-electron chi connectivity index (χ2n) is 6.04. The van der Waals surface area contributed by atoms with E-state index in [4.69, 9.17) is 0 Å². The van der Waals surface area contributed by atoms with Crippen LogP contribution in [0.25, 0.3) is 0 Å². The molecule has 0 aromatic carbocycles. The van der Waals surface area contributed by atoms with Gasteiger partial charge in [-0.05, 0) is 57.6 Å². The molecule has 0 unspecified atom stereocenters. The van der Waals surface area contributed by atoms with Crippen LogP contribution in [-0.4, -0.2) is 34.9 Å². The first kappa shape index (κ1) is 13.4. The minimum atomic E-state index is 0.184. The number of amides is 1. The topological polar surface area (TPSA) is 45.2 Å². The second kappa shape index (κ2) is 5.43. The Morgan fingerprint density at radius 1 is 1.35 bits per heavy atom. The van der Waals surface area contributed by atoms with Crippen LogP contribution in [0.15, 0.2) is 12.1 Å². The van der Waals surface area contributed by atoms with Gasteiger partial charge in [0.2, 0.25) is 0 Å². The molecule has 108 valence electrons. The Morgan fingerprint density at radius 2 is 2.10 bits per heavy atom. The van der Waals surface area contributed by atoms with E-state index >= 15 is 0 Å². The smallest absolute Gasteiger partial charge is 0.254 e. The summed E-state index contributed by atoms with van der Waals surface area (Å²) in [6.45, 7) is 5.75. The molecular weight excluding hydrogens is 250 g/mol. The first-order valence-electron chi connectivity index (χ1n) is 7.71. The van der Waals surface area contributed by atoms with Gasteiger partial charge < -0.3 is 10.2 Å². The van der Waals surface area contributed by atoms with Gasteiger partial charge >= 0.3 is 0 Å². The molecule has 0 saturated heterocycles. The molecule has 0 bridgehead atoms. The predicted octanol–water partition coefficient (Wildman–Crippen LogP) is 2.84. The maximum Gasteiger partial charge on any atom is 0.254 e. The maximum absolute atomic E-state index is 12.8. The van der Waals surface area contributed by atoms with Crippen LogP contribution in [0.2, 0.25) is 0 Å². The fourth-order valence-corrected chi connectivity index (χ4v) is 2.59. The number of pyridine rings is 1. The molecule has 4 nitrogen and oxygen atoms in total. The van der Waals surface area contributed by atoms with Gasteiger partial charge in [-0.1, -0.05) is 0 Å². The number of aromatic nitrogens is 1. The number of hydrogen-bond donors (Lipinski definition) is 1. The van der Waals surface area contributed by atoms with Crippen LogP contribution < -0.4 is 5.32 Å². The monoisotopic (exact) mass is 273 g/mol. The highest BCUT2D eigenvalue weighted by atomic mass is 16.2. The van der Waals surface area contributed by atoms with Crippen LogP contribution in [0.4, 0.5) is 5.82 Å². The molecule has 0 radical (unpaired) electrons. The first-order chi connectivity index (χ1) is 9.67. The van der Waals surface area contributed by atoms with Crippen molar-refractivity contribution in [3.63, 3.8) is 0 Å². The highest BCUT2D eigenvalue weighted by Gasteiger charge is 2.36. The Balaban J connectivity index is 1.80. The molecule has 4 heteroatoms. The van der Waals surface area contributed by atoms with Crippen LogP contribution in [0.1, 0.15) is 48.7 Å². The largest absolute Gasteiger partial charge is 0.370 e. The van der Waals surface area contributed by atoms with Crippen molar-refractivity contribution in [2.24, 2.45) is 5.92 Å². The average molecular weight is 273 g/mol. The number of aryl methyl sites for hydroxylation is 1. The van der Waals surface area contributed by atoms with Crippen molar-refractivity contribution in [1.82, 2.24) is 9.88 Å². The van der Waals surface area contributed by atoms with Crippen LogP contribution in [-0.2, 0) is 0 Å². The van der Waals surface area contributed by atoms with Crippen molar-refractivity contribution in [3.8, 4) is 0 Å². The van der Waals surface area contributed by atoms with E-state index in [1.807, 2.05) is 26.0 Å². The van der Waals surface area contributed by atoms with Gasteiger partial charge in [0.25, 0.3) is 5.91 Å². The van der Waals surface area contributed by atoms with Gasteiger partial charge in [0.1, 0.15) is 5.82 Å². The maximum atomic E-state index is 12.8. The van der Waals surface area contributed by atoms with Gasteiger partial charge in [-0.15, -0.1) is 0 Å². The van der Waals surface area contributed by atoms with Gasteiger partial charge in [0.05, 0.1) is 0 Å². The van der Waals surface area contributed by atoms with Crippen LogP contribution >= 0.6 is 0 Å². The predicted molar refractivity (Wildman–Crippen MR) is 79.9 cm³/mol. The summed E-state index contributed by atoms with van der Waals surface area (Å²) in [5.74, 6) is 1.73. The highest BCUT2D eigenvalue weighted by molar-refractivity contribution is 5.95. The van der Waals surface area contributed by atoms with Crippen molar-refractivity contribution in [1.29, 1.82) is 0 Å². The summed E-state index contributed by atoms with van der Waals surface area (Å²) >= 11 is 0. The Kier molecular flexibility index (Phi) is 3.64. The second-order valence-corrected chi connectivity index (χ2v) is 6.04. The Labute approximate surface area is 120 Å². The number of carbonyl (C=O) groups excluding carboxylic acids is 1. The molecule has 0 aliphatic heterocycles. The SMILES string of the molecule is CCNc1cc(C(=O)N(CC2CC2)C2CC2)cc(C)n1. The summed E-state index contributed by atoms with van der Waals surface area (Å²) in [5.41, 5.74) is 1.68. The minimum Gasteiger partial charge on any atom is -0.370 e. The van der Waals surface area contributed by atoms with Gasteiger partial charge in [-0.2, -0.15) is 0 Å². The lowest BCUT2D eigenvalue weighted by Crippen LogP contribution is -2.35. The third kappa shape index (κ3) is 3.11. The number of rotatable bonds is 6. The number of hydrogen-bond acceptors (Lipinski definition) is 3. The van der Waals surface area contributed by atoms with E-state index in [2.05, 4.69) is 15.2 Å². The Hall–Kier alpha value is -1.58. The highest BCUT2D eigenvalue weighted by Crippen LogP contribution is 2.35. The summed E-state index contributed by atoms with van der Waals surface area (Å²) in [5, 5.41) is 3.20. The van der Waals surface area contributed by atoms with Crippen molar-refractivity contribution in [2.45, 2.75) is 45.6 Å². The number of anilines is 1. The van der Waals surface area contributed by atoms with Crippen LogP contribution in [0.3, 0.4) is 0 Å². The lowest BCUT2D eigenvalue weighted by atomic mass is 10.2. The quantitative estimate of drug-likeness (QED) is 0.867. The zero-order valence-corrected chi connectivity index (χ0v) is 12.4. The van der Waals surface area contributed by atoms with E-state index in [-0.39, 0.29) is 5.91 Å². The zero-order chi connectivity index (χ0) is 14.1. The molecule has 2 fully saturated rings. The lowest BCUT2D eigenvalue weighted by Gasteiger charge is -2.23. The van der Waals surface area contributed by atoms with E-state index in [9.17, 15) is 4.79 Å². The standard InChI is InChI=1S/C16H23N3O/c1-3-17-15-9-13(8-11(2)18-15)16(20)19(14-6-7-14)10-12-4-5-12/h8-9,12,14H,3-7,10H2,1-2H3,(H,17,18). The van der Waals surface area contributed by atoms with Crippen molar-refractivity contribution >= 4 is 11.7 Å². The molecule has 2 aliphatic carbocycles. The lowest BCUT2D eigenvalue weighted by molar-refractivity contribution is 0.0734. The summed E-state index contributed by atoms with van der Waals surface area (Å²) in [6.07, 6.45) is 4.91. The number of nitrogens with zero attached hydrogens (tertiary/aromatic N) is 2. The summed E-state index contributed by atoms with van der Waals surface area (Å²) in [4.78, 5) is 19.3. The van der Waals surface area contributed by atoms with Gasteiger partial charge in [-0.25, -0.2) is 4.98 Å². The normalized spacial score (nSPS) is 17.9. The van der Waals surface area contributed by atoms with Crippen LogP contribution in [0.5, 0.6) is 0 Å². The molecule has 2 saturated carbocycles. The fraction of sp³-hybridized carbons (Fsp3) is 0.625. The molecular formula is C16H23N3O. The van der Waals surface area contributed by atoms with E-state index in [0.717, 1.165) is 36.1 Å². The third-order valence-electron chi connectivity index (χ3n) is 3.96. The van der Waals surface area contributed by atoms with Crippen molar-refractivity contribution < 1.29 is 4.79 Å². The zero-order valence-electron chi connectivity index (χ0n) is 12.4. The van der Waals surface area contributed by atoms with Gasteiger partial charge in [0.15, 0.2) is 0 Å². The molecule has 1 N–H and O–H groups in total. The molecule has 20 heavy (non-hydrogen) atoms. The summed E-state index contributed by atoms with van der Waals surface area (Å²) in [7, 11) is 0. The molecule has 1 aromatic heterocycles. The first-order valence-corrected chi connectivity index (χ1v) is 7.71. The molecule has 3 rings (SSSR count). The molecule has 1 heterocycles. The van der Waals surface area contributed by atoms with Gasteiger partial charge in [0, 0.05) is 30.4 Å². The van der Waals surface area contributed by atoms with Gasteiger partial charge in [-0.3, -0.25) is 4.79 Å². The molecule has 2 aliphatic rings. The number of nitrogens with one attached hydrogen (secondary N) is 1. The molecule has 0 atom stereocenters. The third-order valence-corrected chi connectivity index (χ3v) is 3.96. The summed E-state index contributed by atoms with van der Waals surface area (Å²) < 4.78 is 0. The number of carbonyl (C=O) groups is 1. The van der Waals surface area contributed by atoms with E-state index in [1.54, 1.807) is 0 Å². The van der Waals surface area contributed by atoms with E-state index < -0.39 is 0 Å². The molecule has 1 amide bonds. The average Bonchev–Trinajstić information content (AvgIpc) is 3.26. The Bertz CT molecular complexity index is 506. The summed E-state index contributed by atoms with van der Waals surface area (Å²) in [6, 6.07) is 4.28. The van der Waals surface area contributed by atoms with Crippen molar-refractivity contribution in [3.05, 3.63) is 23.4 Å².